The fourth-order valence-corrected chi connectivity index (χ4v) is 3.52. The molecule has 1 saturated carbocycles. The van der Waals surface area contributed by atoms with Gasteiger partial charge in [0.15, 0.2) is 5.65 Å². The number of ether oxygens (including phenoxy) is 1. The largest absolute Gasteiger partial charge is 0.386 e. The van der Waals surface area contributed by atoms with Crippen LogP contribution in [0.15, 0.2) is 47.6 Å². The lowest BCUT2D eigenvalue weighted by Gasteiger charge is -2.26. The number of aliphatic hydroxyl groups is 1. The number of aromatic nitrogens is 3. The van der Waals surface area contributed by atoms with E-state index in [0.717, 1.165) is 34.4 Å². The van der Waals surface area contributed by atoms with Crippen LogP contribution in [-0.4, -0.2) is 43.0 Å². The molecule has 1 aliphatic rings. The first kappa shape index (κ1) is 17.3. The summed E-state index contributed by atoms with van der Waals surface area (Å²) in [6.45, 7) is 0.288. The summed E-state index contributed by atoms with van der Waals surface area (Å²) in [5, 5.41) is 15.6. The van der Waals surface area contributed by atoms with Gasteiger partial charge < -0.3 is 9.84 Å². The number of fused-ring (bicyclic) bond motifs is 1. The molecule has 2 heterocycles. The Morgan fingerprint density at radius 2 is 2.19 bits per heavy atom. The third-order valence-electron chi connectivity index (χ3n) is 4.75. The Labute approximate surface area is 154 Å². The Kier molecular flexibility index (Phi) is 4.84. The molecular formula is C19H21N3O3S. The standard InChI is InChI=1S/C19H21N3O3S/c1-26(24)17-7-2-4-15(9-17)22-19-14(11-21-22)8-13(10-20-19)18(23)12-25-16-5-3-6-16/h2,4,7-11,16,18,23H,3,5-6,12H2,1H3/t18-,26?/m1/s1. The highest BCUT2D eigenvalue weighted by atomic mass is 32.2. The zero-order valence-electron chi connectivity index (χ0n) is 14.5. The van der Waals surface area contributed by atoms with Gasteiger partial charge in [0, 0.05) is 39.1 Å². The van der Waals surface area contributed by atoms with Crippen molar-refractivity contribution in [2.75, 3.05) is 12.9 Å². The van der Waals surface area contributed by atoms with Crippen LogP contribution in [0.5, 0.6) is 0 Å². The molecule has 0 amide bonds. The van der Waals surface area contributed by atoms with Gasteiger partial charge in [-0.2, -0.15) is 5.10 Å². The summed E-state index contributed by atoms with van der Waals surface area (Å²) in [7, 11) is -1.06. The van der Waals surface area contributed by atoms with Gasteiger partial charge in [0.2, 0.25) is 0 Å². The van der Waals surface area contributed by atoms with Crippen LogP contribution in [0.1, 0.15) is 30.9 Å². The van der Waals surface area contributed by atoms with E-state index in [1.54, 1.807) is 23.3 Å². The van der Waals surface area contributed by atoms with Crippen LogP contribution in [0, 0.1) is 0 Å². The van der Waals surface area contributed by atoms with Gasteiger partial charge in [-0.15, -0.1) is 0 Å². The van der Waals surface area contributed by atoms with Gasteiger partial charge in [0.1, 0.15) is 6.10 Å². The number of hydrogen-bond donors (Lipinski definition) is 1. The number of aliphatic hydroxyl groups excluding tert-OH is 1. The topological polar surface area (TPSA) is 77.2 Å². The molecule has 7 heteroatoms. The van der Waals surface area contributed by atoms with Crippen LogP contribution < -0.4 is 0 Å². The van der Waals surface area contributed by atoms with Gasteiger partial charge in [-0.25, -0.2) is 9.67 Å². The lowest BCUT2D eigenvalue weighted by atomic mass is 9.96. The highest BCUT2D eigenvalue weighted by Gasteiger charge is 2.20. The second-order valence-corrected chi connectivity index (χ2v) is 7.97. The number of pyridine rings is 1. The Morgan fingerprint density at radius 3 is 2.92 bits per heavy atom. The minimum absolute atomic E-state index is 0.288. The minimum atomic E-state index is -1.06. The van der Waals surface area contributed by atoms with E-state index in [1.165, 1.54) is 6.42 Å². The summed E-state index contributed by atoms with van der Waals surface area (Å²) < 4.78 is 19.1. The molecule has 0 spiro atoms. The van der Waals surface area contributed by atoms with Crippen LogP contribution in [-0.2, 0) is 15.5 Å². The van der Waals surface area contributed by atoms with E-state index in [4.69, 9.17) is 4.74 Å². The van der Waals surface area contributed by atoms with Gasteiger partial charge in [-0.1, -0.05) is 6.07 Å². The van der Waals surface area contributed by atoms with Gasteiger partial charge in [-0.05, 0) is 43.5 Å². The van der Waals surface area contributed by atoms with Crippen molar-refractivity contribution in [1.82, 2.24) is 14.8 Å². The van der Waals surface area contributed by atoms with E-state index in [0.29, 0.717) is 11.8 Å². The molecule has 26 heavy (non-hydrogen) atoms. The minimum Gasteiger partial charge on any atom is -0.386 e. The molecule has 0 saturated heterocycles. The molecule has 1 unspecified atom stereocenters. The van der Waals surface area contributed by atoms with Crippen LogP contribution >= 0.6 is 0 Å². The maximum Gasteiger partial charge on any atom is 0.162 e. The van der Waals surface area contributed by atoms with Crippen LogP contribution in [0.4, 0.5) is 0 Å². The Balaban J connectivity index is 1.59. The first-order valence-electron chi connectivity index (χ1n) is 8.69. The lowest BCUT2D eigenvalue weighted by molar-refractivity contribution is -0.0427. The van der Waals surface area contributed by atoms with E-state index in [9.17, 15) is 9.32 Å². The number of nitrogens with zero attached hydrogens (tertiary/aromatic N) is 3. The number of hydrogen-bond acceptors (Lipinski definition) is 5. The average Bonchev–Trinajstić information content (AvgIpc) is 3.03. The quantitative estimate of drug-likeness (QED) is 0.721. The predicted molar refractivity (Wildman–Crippen MR) is 99.7 cm³/mol. The van der Waals surface area contributed by atoms with Crippen LogP contribution in [0.25, 0.3) is 16.7 Å². The molecule has 1 fully saturated rings. The van der Waals surface area contributed by atoms with E-state index < -0.39 is 16.9 Å². The summed E-state index contributed by atoms with van der Waals surface area (Å²) in [4.78, 5) is 5.23. The summed E-state index contributed by atoms with van der Waals surface area (Å²) in [5.41, 5.74) is 2.22. The highest BCUT2D eigenvalue weighted by Crippen LogP contribution is 2.25. The van der Waals surface area contributed by atoms with Gasteiger partial charge >= 0.3 is 0 Å². The van der Waals surface area contributed by atoms with E-state index in [2.05, 4.69) is 10.1 Å². The normalized spacial score (nSPS) is 17.2. The fourth-order valence-electron chi connectivity index (χ4n) is 2.96. The Bertz CT molecular complexity index is 952. The molecule has 6 nitrogen and oxygen atoms in total. The highest BCUT2D eigenvalue weighted by molar-refractivity contribution is 7.84. The molecule has 3 aromatic rings. The second-order valence-electron chi connectivity index (χ2n) is 6.59. The molecule has 0 bridgehead atoms. The summed E-state index contributed by atoms with van der Waals surface area (Å²) >= 11 is 0. The van der Waals surface area contributed by atoms with Crippen molar-refractivity contribution in [3.05, 3.63) is 48.3 Å². The van der Waals surface area contributed by atoms with Crippen LogP contribution in [0.3, 0.4) is 0 Å². The molecule has 4 rings (SSSR count). The van der Waals surface area contributed by atoms with Crippen LogP contribution in [0.2, 0.25) is 0 Å². The lowest BCUT2D eigenvalue weighted by Crippen LogP contribution is -2.24. The Morgan fingerprint density at radius 1 is 1.35 bits per heavy atom. The second kappa shape index (κ2) is 7.26. The first-order chi connectivity index (χ1) is 12.6. The molecule has 2 atom stereocenters. The number of benzene rings is 1. The van der Waals surface area contributed by atoms with Crippen molar-refractivity contribution in [3.63, 3.8) is 0 Å². The molecule has 2 aromatic heterocycles. The molecule has 136 valence electrons. The maximum atomic E-state index is 11.7. The van der Waals surface area contributed by atoms with Gasteiger partial charge in [0.25, 0.3) is 0 Å². The predicted octanol–water partition coefficient (Wildman–Crippen LogP) is 2.76. The molecule has 1 aromatic carbocycles. The zero-order valence-corrected chi connectivity index (χ0v) is 15.4. The zero-order chi connectivity index (χ0) is 18.1. The SMILES string of the molecule is CS(=O)c1cccc(-n2ncc3cc([C@H](O)COC4CCC4)cnc32)c1. The van der Waals surface area contributed by atoms with Crippen molar-refractivity contribution in [1.29, 1.82) is 0 Å². The number of rotatable bonds is 6. The molecule has 1 aliphatic carbocycles. The summed E-state index contributed by atoms with van der Waals surface area (Å²) in [6.07, 6.45) is 8.01. The van der Waals surface area contributed by atoms with Crippen molar-refractivity contribution < 1.29 is 14.1 Å². The third-order valence-corrected chi connectivity index (χ3v) is 5.67. The Hall–Kier alpha value is -2.09. The molecule has 0 aliphatic heterocycles. The van der Waals surface area contributed by atoms with Crippen molar-refractivity contribution in [3.8, 4) is 5.69 Å². The van der Waals surface area contributed by atoms with E-state index in [-0.39, 0.29) is 6.61 Å². The monoisotopic (exact) mass is 371 g/mol. The summed E-state index contributed by atoms with van der Waals surface area (Å²) in [5.74, 6) is 0. The van der Waals surface area contributed by atoms with Gasteiger partial charge in [-0.3, -0.25) is 4.21 Å². The smallest absolute Gasteiger partial charge is 0.162 e. The maximum absolute atomic E-state index is 11.7. The molecular weight excluding hydrogens is 350 g/mol. The first-order valence-corrected chi connectivity index (χ1v) is 10.2. The average molecular weight is 371 g/mol. The van der Waals surface area contributed by atoms with E-state index in [1.807, 2.05) is 30.3 Å². The summed E-state index contributed by atoms with van der Waals surface area (Å²) in [6, 6.07) is 9.33. The third kappa shape index (κ3) is 3.42. The molecule has 1 N–H and O–H groups in total. The van der Waals surface area contributed by atoms with E-state index >= 15 is 0 Å². The van der Waals surface area contributed by atoms with Gasteiger partial charge in [0.05, 0.1) is 24.6 Å². The molecule has 0 radical (unpaired) electrons. The van der Waals surface area contributed by atoms with Crippen molar-refractivity contribution in [2.45, 2.75) is 36.4 Å². The fraction of sp³-hybridized carbons (Fsp3) is 0.368. The van der Waals surface area contributed by atoms with Crippen molar-refractivity contribution in [2.24, 2.45) is 0 Å². The van der Waals surface area contributed by atoms with Crippen molar-refractivity contribution >= 4 is 21.8 Å².